The van der Waals surface area contributed by atoms with Crippen molar-refractivity contribution in [3.63, 3.8) is 0 Å². The normalized spacial score (nSPS) is 13.9. The molecule has 0 spiro atoms. The highest BCUT2D eigenvalue weighted by atomic mass is 16.2. The molecular weight excluding hydrogens is 366 g/mol. The first-order chi connectivity index (χ1) is 13.9. The van der Waals surface area contributed by atoms with E-state index in [9.17, 15) is 14.4 Å². The summed E-state index contributed by atoms with van der Waals surface area (Å²) < 4.78 is 0. The predicted octanol–water partition coefficient (Wildman–Crippen LogP) is 1.88. The maximum absolute atomic E-state index is 12.4. The molecule has 29 heavy (non-hydrogen) atoms. The van der Waals surface area contributed by atoms with Crippen LogP contribution in [0.2, 0.25) is 0 Å². The molecule has 0 bridgehead atoms. The molecule has 6 nitrogen and oxygen atoms in total. The van der Waals surface area contributed by atoms with E-state index in [1.807, 2.05) is 31.2 Å². The smallest absolute Gasteiger partial charge is 0.288 e. The van der Waals surface area contributed by atoms with Crippen LogP contribution in [0.1, 0.15) is 16.7 Å². The van der Waals surface area contributed by atoms with E-state index in [0.717, 1.165) is 29.9 Å². The molecule has 2 aromatic carbocycles. The second kappa shape index (κ2) is 9.37. The minimum atomic E-state index is -0.710. The molecule has 0 atom stereocenters. The first kappa shape index (κ1) is 20.6. The second-order valence-corrected chi connectivity index (χ2v) is 7.48. The molecule has 0 saturated carbocycles. The van der Waals surface area contributed by atoms with Gasteiger partial charge in [0.25, 0.3) is 5.91 Å². The molecule has 1 fully saturated rings. The summed E-state index contributed by atoms with van der Waals surface area (Å²) in [5.41, 5.74) is 4.20. The van der Waals surface area contributed by atoms with Crippen LogP contribution in [0.3, 0.4) is 0 Å². The van der Waals surface area contributed by atoms with Gasteiger partial charge in [-0.15, -0.1) is 0 Å². The topological polar surface area (TPSA) is 69.7 Å². The van der Waals surface area contributed by atoms with Crippen molar-refractivity contribution in [2.24, 2.45) is 0 Å². The molecule has 6 heteroatoms. The lowest BCUT2D eigenvalue weighted by Gasteiger charge is -2.36. The van der Waals surface area contributed by atoms with E-state index in [2.05, 4.69) is 41.4 Å². The van der Waals surface area contributed by atoms with Crippen molar-refractivity contribution in [3.8, 4) is 0 Å². The highest BCUT2D eigenvalue weighted by molar-refractivity contribution is 6.36. The number of aryl methyl sites for hydroxylation is 2. The molecule has 1 N–H and O–H groups in total. The monoisotopic (exact) mass is 393 g/mol. The number of nitrogens with zero attached hydrogens (tertiary/aromatic N) is 2. The van der Waals surface area contributed by atoms with Crippen molar-refractivity contribution >= 4 is 23.3 Å². The van der Waals surface area contributed by atoms with E-state index in [0.29, 0.717) is 13.1 Å². The van der Waals surface area contributed by atoms with Gasteiger partial charge in [0.05, 0.1) is 6.54 Å². The minimum absolute atomic E-state index is 0.0386. The van der Waals surface area contributed by atoms with Crippen LogP contribution < -0.4 is 10.2 Å². The van der Waals surface area contributed by atoms with Gasteiger partial charge in [-0.2, -0.15) is 0 Å². The van der Waals surface area contributed by atoms with Gasteiger partial charge in [-0.25, -0.2) is 0 Å². The summed E-state index contributed by atoms with van der Waals surface area (Å²) in [5.74, 6) is -1.41. The van der Waals surface area contributed by atoms with Crippen LogP contribution >= 0.6 is 0 Å². The number of rotatable bonds is 6. The molecule has 152 valence electrons. The van der Waals surface area contributed by atoms with Gasteiger partial charge >= 0.3 is 0 Å². The van der Waals surface area contributed by atoms with Gasteiger partial charge in [-0.1, -0.05) is 47.5 Å². The summed E-state index contributed by atoms with van der Waals surface area (Å²) >= 11 is 0. The Balaban J connectivity index is 1.43. The SMILES string of the molecule is Cc1ccc(N2CCN(C(=O)CNC(=O)C(=O)Cc3cccc(C)c3)CC2)cc1. The molecule has 0 radical (unpaired) electrons. The Morgan fingerprint density at radius 3 is 2.24 bits per heavy atom. The van der Waals surface area contributed by atoms with Crippen LogP contribution in [0.15, 0.2) is 48.5 Å². The Labute approximate surface area is 171 Å². The average Bonchev–Trinajstić information content (AvgIpc) is 2.72. The highest BCUT2D eigenvalue weighted by Crippen LogP contribution is 2.17. The number of hydrogen-bond acceptors (Lipinski definition) is 4. The van der Waals surface area contributed by atoms with Crippen molar-refractivity contribution < 1.29 is 14.4 Å². The first-order valence-electron chi connectivity index (χ1n) is 9.88. The maximum atomic E-state index is 12.4. The summed E-state index contributed by atoms with van der Waals surface area (Å²) in [6.07, 6.45) is 0.0386. The Bertz CT molecular complexity index is 884. The van der Waals surface area contributed by atoms with Gasteiger partial charge in [0, 0.05) is 38.3 Å². The van der Waals surface area contributed by atoms with Gasteiger partial charge in [-0.05, 0) is 31.5 Å². The van der Waals surface area contributed by atoms with Crippen LogP contribution in [0.5, 0.6) is 0 Å². The van der Waals surface area contributed by atoms with Gasteiger partial charge in [0.1, 0.15) is 0 Å². The average molecular weight is 393 g/mol. The van der Waals surface area contributed by atoms with Gasteiger partial charge in [-0.3, -0.25) is 14.4 Å². The lowest BCUT2D eigenvalue weighted by Crippen LogP contribution is -2.51. The third kappa shape index (κ3) is 5.67. The Hall–Kier alpha value is -3.15. The molecule has 1 aliphatic heterocycles. The van der Waals surface area contributed by atoms with Crippen molar-refractivity contribution in [3.05, 3.63) is 65.2 Å². The number of ketones is 1. The van der Waals surface area contributed by atoms with E-state index in [4.69, 9.17) is 0 Å². The standard InChI is InChI=1S/C23H27N3O3/c1-17-6-8-20(9-7-17)25-10-12-26(13-11-25)22(28)16-24-23(29)21(27)15-19-5-3-4-18(2)14-19/h3-9,14H,10-13,15-16H2,1-2H3,(H,24,29). The van der Waals surface area contributed by atoms with E-state index in [1.54, 1.807) is 4.90 Å². The lowest BCUT2D eigenvalue weighted by molar-refractivity contribution is -0.139. The van der Waals surface area contributed by atoms with Crippen LogP contribution in [0.25, 0.3) is 0 Å². The Morgan fingerprint density at radius 1 is 0.897 bits per heavy atom. The maximum Gasteiger partial charge on any atom is 0.288 e. The summed E-state index contributed by atoms with van der Waals surface area (Å²) in [4.78, 5) is 40.5. The van der Waals surface area contributed by atoms with Crippen LogP contribution in [0, 0.1) is 13.8 Å². The van der Waals surface area contributed by atoms with Crippen molar-refractivity contribution in [2.45, 2.75) is 20.3 Å². The quantitative estimate of drug-likeness (QED) is 0.761. The highest BCUT2D eigenvalue weighted by Gasteiger charge is 2.22. The van der Waals surface area contributed by atoms with Crippen LogP contribution in [-0.4, -0.2) is 55.2 Å². The summed E-state index contributed by atoms with van der Waals surface area (Å²) in [5, 5.41) is 2.47. The number of benzene rings is 2. The van der Waals surface area contributed by atoms with Gasteiger partial charge in [0.2, 0.25) is 11.7 Å². The number of carbonyl (C=O) groups is 3. The van der Waals surface area contributed by atoms with Crippen LogP contribution in [0.4, 0.5) is 5.69 Å². The zero-order valence-corrected chi connectivity index (χ0v) is 17.0. The van der Waals surface area contributed by atoms with E-state index in [1.165, 1.54) is 5.56 Å². The summed E-state index contributed by atoms with van der Waals surface area (Å²) in [7, 11) is 0. The zero-order chi connectivity index (χ0) is 20.8. The molecule has 3 rings (SSSR count). The Morgan fingerprint density at radius 2 is 1.59 bits per heavy atom. The molecule has 0 aromatic heterocycles. The molecule has 1 aliphatic rings. The number of hydrogen-bond donors (Lipinski definition) is 1. The second-order valence-electron chi connectivity index (χ2n) is 7.48. The Kier molecular flexibility index (Phi) is 6.65. The molecule has 1 saturated heterocycles. The summed E-state index contributed by atoms with van der Waals surface area (Å²) in [6.45, 7) is 6.53. The molecule has 1 heterocycles. The van der Waals surface area contributed by atoms with E-state index in [-0.39, 0.29) is 18.9 Å². The fraction of sp³-hybridized carbons (Fsp3) is 0.348. The third-order valence-corrected chi connectivity index (χ3v) is 5.13. The third-order valence-electron chi connectivity index (χ3n) is 5.13. The molecule has 0 aliphatic carbocycles. The number of Topliss-reactive ketones (excluding diaryl/α,β-unsaturated/α-hetero) is 1. The minimum Gasteiger partial charge on any atom is -0.368 e. The number of piperazine rings is 1. The fourth-order valence-electron chi connectivity index (χ4n) is 3.42. The number of amides is 2. The fourth-order valence-corrected chi connectivity index (χ4v) is 3.42. The van der Waals surface area contributed by atoms with Crippen molar-refractivity contribution in [1.29, 1.82) is 0 Å². The molecule has 2 aromatic rings. The van der Waals surface area contributed by atoms with E-state index >= 15 is 0 Å². The number of anilines is 1. The largest absolute Gasteiger partial charge is 0.368 e. The number of carbonyl (C=O) groups excluding carboxylic acids is 3. The molecular formula is C23H27N3O3. The van der Waals surface area contributed by atoms with Crippen molar-refractivity contribution in [2.75, 3.05) is 37.6 Å². The van der Waals surface area contributed by atoms with E-state index < -0.39 is 11.7 Å². The molecule has 2 amide bonds. The van der Waals surface area contributed by atoms with Crippen molar-refractivity contribution in [1.82, 2.24) is 10.2 Å². The van der Waals surface area contributed by atoms with Gasteiger partial charge < -0.3 is 15.1 Å². The van der Waals surface area contributed by atoms with Crippen LogP contribution in [-0.2, 0) is 20.8 Å². The summed E-state index contributed by atoms with van der Waals surface area (Å²) in [6, 6.07) is 15.8. The molecule has 0 unspecified atom stereocenters. The lowest BCUT2D eigenvalue weighted by atomic mass is 10.1. The van der Waals surface area contributed by atoms with Gasteiger partial charge in [0.15, 0.2) is 0 Å². The first-order valence-corrected chi connectivity index (χ1v) is 9.88. The zero-order valence-electron chi connectivity index (χ0n) is 17.0. The number of nitrogens with one attached hydrogen (secondary N) is 1. The predicted molar refractivity (Wildman–Crippen MR) is 113 cm³/mol.